The first-order chi connectivity index (χ1) is 9.79. The Kier molecular flexibility index (Phi) is 3.24. The number of hydrogen-bond donors (Lipinski definition) is 1. The fraction of sp³-hybridized carbons (Fsp3) is 0.857. The van der Waals surface area contributed by atoms with E-state index in [4.69, 9.17) is 4.42 Å². The quantitative estimate of drug-likeness (QED) is 0.908. The van der Waals surface area contributed by atoms with Gasteiger partial charge in [-0.1, -0.05) is 19.3 Å². The van der Waals surface area contributed by atoms with Crippen molar-refractivity contribution in [2.24, 2.45) is 5.92 Å². The van der Waals surface area contributed by atoms with E-state index in [0.29, 0.717) is 6.67 Å². The highest BCUT2D eigenvalue weighted by molar-refractivity contribution is 4.98. The molecule has 0 amide bonds. The van der Waals surface area contributed by atoms with E-state index in [2.05, 4.69) is 15.1 Å². The average molecular weight is 278 g/mol. The van der Waals surface area contributed by atoms with Crippen molar-refractivity contribution in [1.82, 2.24) is 20.2 Å². The Labute approximate surface area is 118 Å². The minimum absolute atomic E-state index is 0.188. The minimum atomic E-state index is 0.188. The Hall–Kier alpha value is -0.980. The average Bonchev–Trinajstić information content (AvgIpc) is 2.95. The number of hydrogen-bond acceptors (Lipinski definition) is 6. The molecule has 3 fully saturated rings. The van der Waals surface area contributed by atoms with Crippen LogP contribution in [0.2, 0.25) is 0 Å². The van der Waals surface area contributed by atoms with Crippen molar-refractivity contribution < 1.29 is 9.62 Å². The molecule has 110 valence electrons. The zero-order chi connectivity index (χ0) is 13.5. The van der Waals surface area contributed by atoms with Crippen LogP contribution >= 0.6 is 0 Å². The third kappa shape index (κ3) is 2.25. The Bertz CT molecular complexity index is 471. The highest BCUT2D eigenvalue weighted by Gasteiger charge is 2.41. The van der Waals surface area contributed by atoms with E-state index < -0.39 is 0 Å². The second-order valence-electron chi connectivity index (χ2n) is 6.47. The summed E-state index contributed by atoms with van der Waals surface area (Å²) in [6.45, 7) is 1.50. The van der Waals surface area contributed by atoms with Gasteiger partial charge in [-0.25, -0.2) is 0 Å². The van der Waals surface area contributed by atoms with Crippen molar-refractivity contribution in [2.45, 2.75) is 57.0 Å². The molecule has 3 atom stereocenters. The standard InChI is InChI=1S/C14H22N4O2/c19-18-9-17-8-11(18)5-6-12(17)14-16-15-13(20-14)7-4-10-2-1-3-10/h10-12,19H,1-9H2/t11-,12+/m1/s1. The van der Waals surface area contributed by atoms with Crippen LogP contribution in [0.5, 0.6) is 0 Å². The largest absolute Gasteiger partial charge is 0.424 e. The summed E-state index contributed by atoms with van der Waals surface area (Å²) in [5, 5.41) is 19.7. The molecule has 2 aliphatic heterocycles. The van der Waals surface area contributed by atoms with Crippen LogP contribution < -0.4 is 0 Å². The van der Waals surface area contributed by atoms with Crippen LogP contribution in [-0.4, -0.2) is 44.6 Å². The van der Waals surface area contributed by atoms with Gasteiger partial charge >= 0.3 is 0 Å². The fourth-order valence-corrected chi connectivity index (χ4v) is 3.61. The van der Waals surface area contributed by atoms with E-state index >= 15 is 0 Å². The van der Waals surface area contributed by atoms with E-state index in [0.717, 1.165) is 43.5 Å². The van der Waals surface area contributed by atoms with Crippen LogP contribution in [0.15, 0.2) is 4.42 Å². The number of rotatable bonds is 4. The monoisotopic (exact) mass is 278 g/mol. The number of aromatic nitrogens is 2. The van der Waals surface area contributed by atoms with Gasteiger partial charge in [0.1, 0.15) is 0 Å². The summed E-state index contributed by atoms with van der Waals surface area (Å²) in [5.74, 6) is 2.40. The molecule has 1 N–H and O–H groups in total. The third-order valence-corrected chi connectivity index (χ3v) is 5.17. The molecule has 0 aromatic carbocycles. The molecule has 0 spiro atoms. The summed E-state index contributed by atoms with van der Waals surface area (Å²) in [7, 11) is 0. The summed E-state index contributed by atoms with van der Waals surface area (Å²) in [6, 6.07) is 0.473. The lowest BCUT2D eigenvalue weighted by atomic mass is 9.82. The van der Waals surface area contributed by atoms with Crippen molar-refractivity contribution in [3.8, 4) is 0 Å². The van der Waals surface area contributed by atoms with Gasteiger partial charge in [-0.05, 0) is 25.2 Å². The predicted octanol–water partition coefficient (Wildman–Crippen LogP) is 1.97. The summed E-state index contributed by atoms with van der Waals surface area (Å²) < 4.78 is 5.86. The summed E-state index contributed by atoms with van der Waals surface area (Å²) >= 11 is 0. The van der Waals surface area contributed by atoms with Gasteiger partial charge in [-0.3, -0.25) is 4.90 Å². The van der Waals surface area contributed by atoms with Gasteiger partial charge in [-0.15, -0.1) is 10.2 Å². The van der Waals surface area contributed by atoms with Gasteiger partial charge in [0, 0.05) is 19.0 Å². The second kappa shape index (κ2) is 5.09. The molecule has 3 heterocycles. The number of nitrogens with zero attached hydrogens (tertiary/aromatic N) is 4. The van der Waals surface area contributed by atoms with Crippen LogP contribution in [0, 0.1) is 5.92 Å². The van der Waals surface area contributed by atoms with Gasteiger partial charge in [0.05, 0.1) is 12.7 Å². The lowest BCUT2D eigenvalue weighted by Gasteiger charge is -2.27. The molecule has 1 saturated carbocycles. The van der Waals surface area contributed by atoms with Crippen LogP contribution in [0.4, 0.5) is 0 Å². The molecule has 20 heavy (non-hydrogen) atoms. The first-order valence-corrected chi connectivity index (χ1v) is 7.81. The zero-order valence-corrected chi connectivity index (χ0v) is 11.7. The SMILES string of the molecule is ON1CN2C[C@H]1CC[C@H]2c1nnc(CCC2CCC2)o1. The molecule has 6 heteroatoms. The Balaban J connectivity index is 1.39. The molecular weight excluding hydrogens is 256 g/mol. The topological polar surface area (TPSA) is 65.6 Å². The number of aryl methyl sites for hydroxylation is 1. The second-order valence-corrected chi connectivity index (χ2v) is 6.47. The summed E-state index contributed by atoms with van der Waals surface area (Å²) in [6.07, 6.45) is 8.21. The molecule has 1 aromatic heterocycles. The van der Waals surface area contributed by atoms with E-state index in [1.165, 1.54) is 30.7 Å². The molecule has 6 nitrogen and oxygen atoms in total. The van der Waals surface area contributed by atoms with Crippen LogP contribution in [0.1, 0.15) is 56.3 Å². The van der Waals surface area contributed by atoms with E-state index in [1.54, 1.807) is 0 Å². The van der Waals surface area contributed by atoms with Gasteiger partial charge in [0.25, 0.3) is 0 Å². The molecule has 1 aromatic rings. The van der Waals surface area contributed by atoms with Crippen molar-refractivity contribution in [3.05, 3.63) is 11.8 Å². The maximum absolute atomic E-state index is 9.77. The Morgan fingerprint density at radius 2 is 2.10 bits per heavy atom. The van der Waals surface area contributed by atoms with E-state index in [-0.39, 0.29) is 12.1 Å². The molecule has 3 aliphatic rings. The highest BCUT2D eigenvalue weighted by Crippen LogP contribution is 2.36. The molecule has 4 rings (SSSR count). The van der Waals surface area contributed by atoms with Crippen LogP contribution in [0.25, 0.3) is 0 Å². The van der Waals surface area contributed by atoms with E-state index in [9.17, 15) is 5.21 Å². The van der Waals surface area contributed by atoms with E-state index in [1.807, 2.05) is 0 Å². The lowest BCUT2D eigenvalue weighted by molar-refractivity contribution is -0.106. The van der Waals surface area contributed by atoms with Crippen LogP contribution in [-0.2, 0) is 6.42 Å². The van der Waals surface area contributed by atoms with Gasteiger partial charge in [0.2, 0.25) is 11.8 Å². The maximum atomic E-state index is 9.77. The molecule has 2 bridgehead atoms. The molecule has 0 radical (unpaired) electrons. The first-order valence-electron chi connectivity index (χ1n) is 7.81. The number of fused-ring (bicyclic) bond motifs is 2. The molecule has 1 aliphatic carbocycles. The lowest BCUT2D eigenvalue weighted by Crippen LogP contribution is -2.33. The van der Waals surface area contributed by atoms with Crippen LogP contribution in [0.3, 0.4) is 0 Å². The Morgan fingerprint density at radius 1 is 1.20 bits per heavy atom. The van der Waals surface area contributed by atoms with Crippen molar-refractivity contribution in [2.75, 3.05) is 13.2 Å². The summed E-state index contributed by atoms with van der Waals surface area (Å²) in [4.78, 5) is 2.23. The first kappa shape index (κ1) is 12.7. The smallest absolute Gasteiger partial charge is 0.233 e. The number of piperidine rings is 1. The zero-order valence-electron chi connectivity index (χ0n) is 11.7. The number of hydroxylamine groups is 2. The molecule has 2 saturated heterocycles. The molecular formula is C14H22N4O2. The Morgan fingerprint density at radius 3 is 2.90 bits per heavy atom. The normalized spacial score (nSPS) is 34.4. The highest BCUT2D eigenvalue weighted by atomic mass is 16.5. The third-order valence-electron chi connectivity index (χ3n) is 5.17. The maximum Gasteiger partial charge on any atom is 0.233 e. The summed E-state index contributed by atoms with van der Waals surface area (Å²) in [5.41, 5.74) is 0. The van der Waals surface area contributed by atoms with Crippen molar-refractivity contribution >= 4 is 0 Å². The van der Waals surface area contributed by atoms with Gasteiger partial charge in [0.15, 0.2) is 0 Å². The van der Waals surface area contributed by atoms with Gasteiger partial charge in [-0.2, -0.15) is 5.06 Å². The molecule has 1 unspecified atom stereocenters. The fourth-order valence-electron chi connectivity index (χ4n) is 3.61. The van der Waals surface area contributed by atoms with Crippen molar-refractivity contribution in [3.63, 3.8) is 0 Å². The van der Waals surface area contributed by atoms with Gasteiger partial charge < -0.3 is 9.62 Å². The van der Waals surface area contributed by atoms with Crippen molar-refractivity contribution in [1.29, 1.82) is 0 Å². The predicted molar refractivity (Wildman–Crippen MR) is 70.9 cm³/mol. The minimum Gasteiger partial charge on any atom is -0.424 e.